The molecular weight excluding hydrogens is 454 g/mol. The maximum absolute atomic E-state index is 13.8. The SMILES string of the molecule is COc1ccc(C(C(=O)c2ccc(OCc3ccccc3)cc2)N2C(=O)c3ccccc3C2=O)cc1. The van der Waals surface area contributed by atoms with Gasteiger partial charge in [-0.15, -0.1) is 0 Å². The summed E-state index contributed by atoms with van der Waals surface area (Å²) in [7, 11) is 1.54. The summed E-state index contributed by atoms with van der Waals surface area (Å²) in [6.45, 7) is 0.400. The molecule has 0 radical (unpaired) electrons. The third kappa shape index (κ3) is 4.36. The molecule has 1 aliphatic rings. The standard InChI is InChI=1S/C30H23NO5/c1-35-23-15-11-21(12-16-23)27(31-29(33)25-9-5-6-10-26(25)30(31)34)28(32)22-13-17-24(18-14-22)36-19-20-7-3-2-4-8-20/h2-18,27H,19H2,1H3. The van der Waals surface area contributed by atoms with Crippen LogP contribution in [0.15, 0.2) is 103 Å². The van der Waals surface area contributed by atoms with Crippen LogP contribution in [0.1, 0.15) is 48.2 Å². The topological polar surface area (TPSA) is 72.9 Å². The number of imide groups is 1. The maximum atomic E-state index is 13.8. The van der Waals surface area contributed by atoms with E-state index in [0.29, 0.717) is 40.4 Å². The third-order valence-electron chi connectivity index (χ3n) is 6.15. The van der Waals surface area contributed by atoms with Crippen LogP contribution >= 0.6 is 0 Å². The number of carbonyl (C=O) groups is 3. The second kappa shape index (κ2) is 9.88. The number of hydrogen-bond acceptors (Lipinski definition) is 5. The van der Waals surface area contributed by atoms with Crippen molar-refractivity contribution in [3.05, 3.63) is 131 Å². The fraction of sp³-hybridized carbons (Fsp3) is 0.100. The second-order valence-corrected chi connectivity index (χ2v) is 8.36. The molecule has 0 aromatic heterocycles. The average molecular weight is 478 g/mol. The van der Waals surface area contributed by atoms with Gasteiger partial charge in [-0.25, -0.2) is 0 Å². The minimum Gasteiger partial charge on any atom is -0.497 e. The Balaban J connectivity index is 1.45. The number of rotatable bonds is 8. The predicted octanol–water partition coefficient (Wildman–Crippen LogP) is 5.49. The summed E-state index contributed by atoms with van der Waals surface area (Å²) < 4.78 is 11.1. The van der Waals surface area contributed by atoms with Gasteiger partial charge < -0.3 is 9.47 Å². The van der Waals surface area contributed by atoms with Crippen molar-refractivity contribution >= 4 is 17.6 Å². The van der Waals surface area contributed by atoms with Crippen molar-refractivity contribution in [1.82, 2.24) is 4.90 Å². The summed E-state index contributed by atoms with van der Waals surface area (Å²) in [4.78, 5) is 41.4. The summed E-state index contributed by atoms with van der Waals surface area (Å²) >= 11 is 0. The summed E-state index contributed by atoms with van der Waals surface area (Å²) in [5.41, 5.74) is 2.49. The molecular formula is C30H23NO5. The van der Waals surface area contributed by atoms with E-state index in [1.807, 2.05) is 30.3 Å². The van der Waals surface area contributed by atoms with E-state index in [4.69, 9.17) is 9.47 Å². The summed E-state index contributed by atoms with van der Waals surface area (Å²) in [5.74, 6) is -0.145. The molecule has 1 aliphatic heterocycles. The molecule has 4 aromatic rings. The van der Waals surface area contributed by atoms with Crippen LogP contribution in [0.2, 0.25) is 0 Å². The molecule has 6 nitrogen and oxygen atoms in total. The van der Waals surface area contributed by atoms with E-state index in [1.54, 1.807) is 79.9 Å². The van der Waals surface area contributed by atoms with Gasteiger partial charge in [-0.3, -0.25) is 19.3 Å². The van der Waals surface area contributed by atoms with Crippen LogP contribution in [0, 0.1) is 0 Å². The lowest BCUT2D eigenvalue weighted by atomic mass is 9.95. The molecule has 1 atom stereocenters. The van der Waals surface area contributed by atoms with Crippen molar-refractivity contribution in [2.75, 3.05) is 7.11 Å². The fourth-order valence-corrected chi connectivity index (χ4v) is 4.26. The Hall–Kier alpha value is -4.71. The number of ketones is 1. The number of hydrogen-bond donors (Lipinski definition) is 0. The molecule has 4 aromatic carbocycles. The number of methoxy groups -OCH3 is 1. The van der Waals surface area contributed by atoms with Gasteiger partial charge in [0.25, 0.3) is 11.8 Å². The van der Waals surface area contributed by atoms with E-state index < -0.39 is 17.9 Å². The third-order valence-corrected chi connectivity index (χ3v) is 6.15. The van der Waals surface area contributed by atoms with Gasteiger partial charge >= 0.3 is 0 Å². The lowest BCUT2D eigenvalue weighted by Gasteiger charge is -2.26. The highest BCUT2D eigenvalue weighted by molar-refractivity contribution is 6.23. The zero-order valence-electron chi connectivity index (χ0n) is 19.6. The van der Waals surface area contributed by atoms with Gasteiger partial charge in [0.2, 0.25) is 0 Å². The molecule has 0 saturated heterocycles. The molecule has 1 unspecified atom stereocenters. The lowest BCUT2D eigenvalue weighted by molar-refractivity contribution is 0.0538. The van der Waals surface area contributed by atoms with E-state index >= 15 is 0 Å². The van der Waals surface area contributed by atoms with Crippen LogP contribution in [0.4, 0.5) is 0 Å². The van der Waals surface area contributed by atoms with Crippen molar-refractivity contribution in [3.8, 4) is 11.5 Å². The summed E-state index contributed by atoms with van der Waals surface area (Å²) in [6, 6.07) is 28.8. The van der Waals surface area contributed by atoms with Crippen molar-refractivity contribution in [2.45, 2.75) is 12.6 Å². The first-order valence-corrected chi connectivity index (χ1v) is 11.5. The fourth-order valence-electron chi connectivity index (χ4n) is 4.26. The lowest BCUT2D eigenvalue weighted by Crippen LogP contribution is -2.38. The molecule has 0 bridgehead atoms. The van der Waals surface area contributed by atoms with Gasteiger partial charge in [0, 0.05) is 5.56 Å². The van der Waals surface area contributed by atoms with Crippen molar-refractivity contribution in [3.63, 3.8) is 0 Å². The van der Waals surface area contributed by atoms with Gasteiger partial charge in [-0.1, -0.05) is 54.6 Å². The summed E-state index contributed by atoms with van der Waals surface area (Å²) in [6.07, 6.45) is 0. The number of ether oxygens (including phenoxy) is 2. The Morgan fingerprint density at radius 2 is 1.28 bits per heavy atom. The first-order chi connectivity index (χ1) is 17.6. The van der Waals surface area contributed by atoms with Gasteiger partial charge in [-0.05, 0) is 59.7 Å². The molecule has 178 valence electrons. The van der Waals surface area contributed by atoms with E-state index in [1.165, 1.54) is 0 Å². The molecule has 36 heavy (non-hydrogen) atoms. The number of amides is 2. The van der Waals surface area contributed by atoms with Crippen molar-refractivity contribution in [2.24, 2.45) is 0 Å². The van der Waals surface area contributed by atoms with Crippen LogP contribution in [0.5, 0.6) is 11.5 Å². The van der Waals surface area contributed by atoms with Gasteiger partial charge in [0.15, 0.2) is 5.78 Å². The molecule has 1 heterocycles. The van der Waals surface area contributed by atoms with Crippen LogP contribution in [-0.2, 0) is 6.61 Å². The molecule has 0 N–H and O–H groups in total. The van der Waals surface area contributed by atoms with E-state index in [-0.39, 0.29) is 5.78 Å². The van der Waals surface area contributed by atoms with Crippen molar-refractivity contribution in [1.29, 1.82) is 0 Å². The molecule has 0 aliphatic carbocycles. The van der Waals surface area contributed by atoms with Crippen LogP contribution in [0.25, 0.3) is 0 Å². The van der Waals surface area contributed by atoms with Gasteiger partial charge in [-0.2, -0.15) is 0 Å². The van der Waals surface area contributed by atoms with Gasteiger partial charge in [0.1, 0.15) is 24.1 Å². The highest BCUT2D eigenvalue weighted by Gasteiger charge is 2.43. The van der Waals surface area contributed by atoms with Crippen LogP contribution in [-0.4, -0.2) is 29.6 Å². The minimum absolute atomic E-state index is 0.290. The Bertz CT molecular complexity index is 1380. The van der Waals surface area contributed by atoms with Crippen molar-refractivity contribution < 1.29 is 23.9 Å². The zero-order chi connectivity index (χ0) is 25.1. The monoisotopic (exact) mass is 477 g/mol. The molecule has 5 rings (SSSR count). The Morgan fingerprint density at radius 3 is 1.86 bits per heavy atom. The smallest absolute Gasteiger partial charge is 0.262 e. The van der Waals surface area contributed by atoms with E-state index in [2.05, 4.69) is 0 Å². The highest BCUT2D eigenvalue weighted by Crippen LogP contribution is 2.34. The summed E-state index contributed by atoms with van der Waals surface area (Å²) in [5, 5.41) is 0. The first-order valence-electron chi connectivity index (χ1n) is 11.5. The molecule has 0 saturated carbocycles. The van der Waals surface area contributed by atoms with Crippen LogP contribution in [0.3, 0.4) is 0 Å². The molecule has 0 spiro atoms. The number of nitrogens with zero attached hydrogens (tertiary/aromatic N) is 1. The quantitative estimate of drug-likeness (QED) is 0.248. The van der Waals surface area contributed by atoms with Crippen LogP contribution < -0.4 is 9.47 Å². The van der Waals surface area contributed by atoms with E-state index in [9.17, 15) is 14.4 Å². The second-order valence-electron chi connectivity index (χ2n) is 8.36. The normalized spacial score (nSPS) is 13.3. The Kier molecular flexibility index (Phi) is 6.33. The molecule has 6 heteroatoms. The molecule has 2 amide bonds. The van der Waals surface area contributed by atoms with E-state index in [0.717, 1.165) is 10.5 Å². The number of Topliss-reactive ketones (excluding diaryl/α,β-unsaturated/α-hetero) is 1. The number of fused-ring (bicyclic) bond motifs is 1. The molecule has 0 fully saturated rings. The Labute approximate surface area is 208 Å². The maximum Gasteiger partial charge on any atom is 0.262 e. The van der Waals surface area contributed by atoms with Gasteiger partial charge in [0.05, 0.1) is 18.2 Å². The Morgan fingerprint density at radius 1 is 0.722 bits per heavy atom. The number of benzene rings is 4. The first kappa shape index (κ1) is 23.1. The largest absolute Gasteiger partial charge is 0.497 e. The zero-order valence-corrected chi connectivity index (χ0v) is 19.6. The predicted molar refractivity (Wildman–Crippen MR) is 134 cm³/mol. The minimum atomic E-state index is -1.13. The average Bonchev–Trinajstić information content (AvgIpc) is 3.18. The highest BCUT2D eigenvalue weighted by atomic mass is 16.5. The number of carbonyl (C=O) groups excluding carboxylic acids is 3.